The number of ether oxygens (including phenoxy) is 1. The first kappa shape index (κ1) is 26.4. The molecule has 1 unspecified atom stereocenters. The lowest BCUT2D eigenvalue weighted by Gasteiger charge is -2.31. The molecule has 1 fully saturated rings. The van der Waals surface area contributed by atoms with E-state index in [-0.39, 0.29) is 0 Å². The topological polar surface area (TPSA) is 101 Å². The standard InChI is InChI=1S/C29H35N3O5/c1-28(2,3)36-27(35)32(37-29(4,5)6)25-23-13-12-22(17-20(23)14-15-30-25)31-24(26(33)34)21-9-7-8-19(16-21)18-10-11-18/h7-9,12-18,24,31H,10-11H2,1-6H3,(H,33,34). The maximum Gasteiger partial charge on any atom is 0.440 e. The number of carbonyl (C=O) groups is 2. The summed E-state index contributed by atoms with van der Waals surface area (Å²) in [5.41, 5.74) is 1.12. The van der Waals surface area contributed by atoms with Crippen LogP contribution in [-0.2, 0) is 14.4 Å². The molecule has 0 spiro atoms. The van der Waals surface area contributed by atoms with Crippen LogP contribution >= 0.6 is 0 Å². The molecule has 0 saturated heterocycles. The van der Waals surface area contributed by atoms with Gasteiger partial charge in [-0.1, -0.05) is 24.3 Å². The van der Waals surface area contributed by atoms with Crippen LogP contribution in [0.2, 0.25) is 0 Å². The van der Waals surface area contributed by atoms with E-state index in [4.69, 9.17) is 9.57 Å². The van der Waals surface area contributed by atoms with Gasteiger partial charge in [0.15, 0.2) is 11.9 Å². The molecule has 4 rings (SSSR count). The SMILES string of the molecule is CC(C)(C)OC(=O)N(OC(C)(C)C)c1nccc2cc(NC(C(=O)O)c3cccc(C4CC4)c3)ccc12. The van der Waals surface area contributed by atoms with E-state index in [1.807, 2.05) is 45.0 Å². The molecule has 1 atom stereocenters. The second-order valence-electron chi connectivity index (χ2n) is 11.4. The number of nitrogens with zero attached hydrogens (tertiary/aromatic N) is 2. The van der Waals surface area contributed by atoms with Crippen LogP contribution < -0.4 is 10.4 Å². The number of pyridine rings is 1. The number of benzene rings is 2. The van der Waals surface area contributed by atoms with E-state index >= 15 is 0 Å². The van der Waals surface area contributed by atoms with Crippen LogP contribution in [0.1, 0.15) is 77.5 Å². The van der Waals surface area contributed by atoms with Gasteiger partial charge in [0.1, 0.15) is 5.60 Å². The summed E-state index contributed by atoms with van der Waals surface area (Å²) in [5.74, 6) is -0.137. The van der Waals surface area contributed by atoms with Gasteiger partial charge in [0.05, 0.1) is 5.60 Å². The van der Waals surface area contributed by atoms with Crippen LogP contribution in [0.25, 0.3) is 10.8 Å². The van der Waals surface area contributed by atoms with Crippen molar-refractivity contribution in [1.82, 2.24) is 4.98 Å². The van der Waals surface area contributed by atoms with Crippen molar-refractivity contribution in [3.05, 3.63) is 65.9 Å². The number of carboxylic acids is 1. The van der Waals surface area contributed by atoms with Crippen LogP contribution in [0.5, 0.6) is 0 Å². The number of carbonyl (C=O) groups excluding carboxylic acids is 1. The minimum atomic E-state index is -0.960. The van der Waals surface area contributed by atoms with Gasteiger partial charge in [-0.15, -0.1) is 5.06 Å². The number of amides is 1. The van der Waals surface area contributed by atoms with Gasteiger partial charge in [-0.2, -0.15) is 0 Å². The summed E-state index contributed by atoms with van der Waals surface area (Å²) in [6.07, 6.45) is 3.20. The highest BCUT2D eigenvalue weighted by atomic mass is 16.7. The quantitative estimate of drug-likeness (QED) is 0.340. The van der Waals surface area contributed by atoms with Crippen molar-refractivity contribution in [3.8, 4) is 0 Å². The number of hydroxylamine groups is 1. The van der Waals surface area contributed by atoms with E-state index in [1.165, 1.54) is 5.56 Å². The van der Waals surface area contributed by atoms with Crippen molar-refractivity contribution in [3.63, 3.8) is 0 Å². The fourth-order valence-corrected chi connectivity index (χ4v) is 4.02. The fraction of sp³-hybridized carbons (Fsp3) is 0.414. The zero-order chi connectivity index (χ0) is 27.0. The molecule has 8 nitrogen and oxygen atoms in total. The van der Waals surface area contributed by atoms with Crippen LogP contribution in [0.4, 0.5) is 16.3 Å². The van der Waals surface area contributed by atoms with Crippen molar-refractivity contribution in [2.24, 2.45) is 0 Å². The largest absolute Gasteiger partial charge is 0.479 e. The Kier molecular flexibility index (Phi) is 7.15. The molecule has 1 saturated carbocycles. The lowest BCUT2D eigenvalue weighted by molar-refractivity contribution is -0.138. The molecule has 2 N–H and O–H groups in total. The summed E-state index contributed by atoms with van der Waals surface area (Å²) in [4.78, 5) is 35.6. The molecule has 37 heavy (non-hydrogen) atoms. The number of aromatic nitrogens is 1. The Morgan fingerprint density at radius 2 is 1.76 bits per heavy atom. The van der Waals surface area contributed by atoms with Gasteiger partial charge in [0.25, 0.3) is 0 Å². The second kappa shape index (κ2) is 10.0. The lowest BCUT2D eigenvalue weighted by Crippen LogP contribution is -2.42. The van der Waals surface area contributed by atoms with Crippen LogP contribution in [0, 0.1) is 0 Å². The van der Waals surface area contributed by atoms with Crippen molar-refractivity contribution in [1.29, 1.82) is 0 Å². The average Bonchev–Trinajstić information content (AvgIpc) is 3.64. The summed E-state index contributed by atoms with van der Waals surface area (Å²) >= 11 is 0. The predicted molar refractivity (Wildman–Crippen MR) is 144 cm³/mol. The van der Waals surface area contributed by atoms with E-state index in [2.05, 4.69) is 16.4 Å². The van der Waals surface area contributed by atoms with Gasteiger partial charge < -0.3 is 15.2 Å². The van der Waals surface area contributed by atoms with Gasteiger partial charge in [-0.05, 0) is 101 Å². The Hall–Kier alpha value is -3.65. The normalized spacial score (nSPS) is 14.8. The predicted octanol–water partition coefficient (Wildman–Crippen LogP) is 6.82. The third kappa shape index (κ3) is 6.77. The van der Waals surface area contributed by atoms with Crippen LogP contribution in [0.15, 0.2) is 54.7 Å². The molecule has 1 aromatic heterocycles. The average molecular weight is 506 g/mol. The Morgan fingerprint density at radius 1 is 1.03 bits per heavy atom. The molecular formula is C29H35N3O5. The van der Waals surface area contributed by atoms with Crippen LogP contribution in [0.3, 0.4) is 0 Å². The van der Waals surface area contributed by atoms with E-state index in [0.29, 0.717) is 28.4 Å². The number of aliphatic carboxylic acids is 1. The van der Waals surface area contributed by atoms with E-state index in [9.17, 15) is 14.7 Å². The maximum absolute atomic E-state index is 13.1. The highest BCUT2D eigenvalue weighted by Crippen LogP contribution is 2.41. The number of hydrogen-bond donors (Lipinski definition) is 2. The summed E-state index contributed by atoms with van der Waals surface area (Å²) in [7, 11) is 0. The molecule has 0 radical (unpaired) electrons. The molecule has 8 heteroatoms. The second-order valence-corrected chi connectivity index (χ2v) is 11.4. The number of anilines is 2. The van der Waals surface area contributed by atoms with Crippen molar-refractivity contribution in [2.45, 2.75) is 77.5 Å². The van der Waals surface area contributed by atoms with Crippen molar-refractivity contribution >= 4 is 34.3 Å². The lowest BCUT2D eigenvalue weighted by atomic mass is 10.0. The molecular weight excluding hydrogens is 470 g/mol. The fourth-order valence-electron chi connectivity index (χ4n) is 4.02. The van der Waals surface area contributed by atoms with E-state index < -0.39 is 29.3 Å². The molecule has 2 aromatic carbocycles. The van der Waals surface area contributed by atoms with Crippen molar-refractivity contribution in [2.75, 3.05) is 10.4 Å². The van der Waals surface area contributed by atoms with E-state index in [1.54, 1.807) is 45.2 Å². The number of fused-ring (bicyclic) bond motifs is 1. The molecule has 1 aliphatic carbocycles. The number of nitrogens with one attached hydrogen (secondary N) is 1. The van der Waals surface area contributed by atoms with Gasteiger partial charge in [-0.25, -0.2) is 14.6 Å². The van der Waals surface area contributed by atoms with Gasteiger partial charge in [0.2, 0.25) is 0 Å². The summed E-state index contributed by atoms with van der Waals surface area (Å²) < 4.78 is 5.58. The number of rotatable bonds is 7. The first-order chi connectivity index (χ1) is 17.3. The highest BCUT2D eigenvalue weighted by molar-refractivity contribution is 5.99. The minimum absolute atomic E-state index is 0.292. The third-order valence-electron chi connectivity index (χ3n) is 5.71. The molecule has 3 aromatic rings. The highest BCUT2D eigenvalue weighted by Gasteiger charge is 2.31. The molecule has 1 aliphatic rings. The summed E-state index contributed by atoms with van der Waals surface area (Å²) in [6, 6.07) is 14.1. The maximum atomic E-state index is 13.1. The zero-order valence-corrected chi connectivity index (χ0v) is 22.2. The molecule has 196 valence electrons. The van der Waals surface area contributed by atoms with E-state index in [0.717, 1.165) is 23.3 Å². The monoisotopic (exact) mass is 505 g/mol. The molecule has 1 heterocycles. The summed E-state index contributed by atoms with van der Waals surface area (Å²) in [6.45, 7) is 10.9. The Labute approximate surface area is 217 Å². The molecule has 0 bridgehead atoms. The Balaban J connectivity index is 1.67. The Morgan fingerprint density at radius 3 is 2.38 bits per heavy atom. The summed E-state index contributed by atoms with van der Waals surface area (Å²) in [5, 5.41) is 15.6. The van der Waals surface area contributed by atoms with Crippen LogP contribution in [-0.4, -0.2) is 33.4 Å². The third-order valence-corrected chi connectivity index (χ3v) is 5.71. The first-order valence-electron chi connectivity index (χ1n) is 12.5. The van der Waals surface area contributed by atoms with Gasteiger partial charge in [0, 0.05) is 17.3 Å². The zero-order valence-electron chi connectivity index (χ0n) is 22.2. The van der Waals surface area contributed by atoms with Gasteiger partial charge in [-0.3, -0.25) is 4.84 Å². The molecule has 1 amide bonds. The van der Waals surface area contributed by atoms with Gasteiger partial charge >= 0.3 is 12.1 Å². The smallest absolute Gasteiger partial charge is 0.440 e. The number of hydrogen-bond acceptors (Lipinski definition) is 6. The number of carboxylic acid groups (broad SMARTS) is 1. The Bertz CT molecular complexity index is 1300. The minimum Gasteiger partial charge on any atom is -0.479 e. The van der Waals surface area contributed by atoms with Crippen molar-refractivity contribution < 1.29 is 24.3 Å². The molecule has 0 aliphatic heterocycles. The first-order valence-corrected chi connectivity index (χ1v) is 12.5.